The van der Waals surface area contributed by atoms with Gasteiger partial charge in [-0.15, -0.1) is 0 Å². The minimum absolute atomic E-state index is 0.155. The van der Waals surface area contributed by atoms with Crippen molar-refractivity contribution in [2.24, 2.45) is 0 Å². The van der Waals surface area contributed by atoms with Crippen LogP contribution in [0.25, 0.3) is 10.9 Å². The van der Waals surface area contributed by atoms with E-state index in [1.54, 1.807) is 18.2 Å². The maximum Gasteiger partial charge on any atom is 0.251 e. The largest absolute Gasteiger partial charge is 0.454 e. The van der Waals surface area contributed by atoms with E-state index >= 15 is 0 Å². The lowest BCUT2D eigenvalue weighted by atomic mass is 10.1. The minimum Gasteiger partial charge on any atom is -0.454 e. The second kappa shape index (κ2) is 6.55. The Bertz CT molecular complexity index is 1060. The fourth-order valence-electron chi connectivity index (χ4n) is 3.00. The second-order valence-electron chi connectivity index (χ2n) is 6.33. The van der Waals surface area contributed by atoms with Gasteiger partial charge in [0.25, 0.3) is 5.56 Å². The van der Waals surface area contributed by atoms with Crippen LogP contribution in [0.5, 0.6) is 11.5 Å². The SMILES string of the molecule is Cc1ccc2[nH]c(=O)c(CCC(=O)Nc3ccc4c(c3)OCO4)cc2c1. The standard InChI is InChI=1S/C20H18N2O4/c1-12-2-5-16-14(8-12)9-13(20(24)22-16)3-7-19(23)21-15-4-6-17-18(10-15)26-11-25-17/h2,4-6,8-10H,3,7,11H2,1H3,(H,21,23)(H,22,24). The molecule has 0 bridgehead atoms. The molecule has 1 aromatic heterocycles. The number of H-pyrrole nitrogens is 1. The molecular formula is C20H18N2O4. The van der Waals surface area contributed by atoms with E-state index in [1.807, 2.05) is 31.2 Å². The number of nitrogens with one attached hydrogen (secondary N) is 2. The molecule has 0 saturated heterocycles. The first-order valence-electron chi connectivity index (χ1n) is 8.40. The molecule has 1 aliphatic heterocycles. The lowest BCUT2D eigenvalue weighted by Crippen LogP contribution is -2.17. The number of amides is 1. The van der Waals surface area contributed by atoms with Crippen LogP contribution in [0.3, 0.4) is 0 Å². The van der Waals surface area contributed by atoms with Gasteiger partial charge >= 0.3 is 0 Å². The van der Waals surface area contributed by atoms with E-state index < -0.39 is 0 Å². The molecule has 0 unspecified atom stereocenters. The van der Waals surface area contributed by atoms with E-state index in [-0.39, 0.29) is 24.7 Å². The molecule has 0 radical (unpaired) electrons. The number of aryl methyl sites for hydroxylation is 2. The third-order valence-corrected chi connectivity index (χ3v) is 4.35. The highest BCUT2D eigenvalue weighted by Gasteiger charge is 2.14. The minimum atomic E-state index is -0.160. The number of rotatable bonds is 4. The molecule has 1 amide bonds. The van der Waals surface area contributed by atoms with Gasteiger partial charge in [-0.2, -0.15) is 0 Å². The Morgan fingerprint density at radius 1 is 1.12 bits per heavy atom. The summed E-state index contributed by atoms with van der Waals surface area (Å²) in [7, 11) is 0. The first-order valence-corrected chi connectivity index (χ1v) is 8.40. The van der Waals surface area contributed by atoms with E-state index in [2.05, 4.69) is 10.3 Å². The Morgan fingerprint density at radius 3 is 2.85 bits per heavy atom. The monoisotopic (exact) mass is 350 g/mol. The van der Waals surface area contributed by atoms with Crippen molar-refractivity contribution < 1.29 is 14.3 Å². The summed E-state index contributed by atoms with van der Waals surface area (Å²) in [6, 6.07) is 13.0. The number of carbonyl (C=O) groups is 1. The van der Waals surface area contributed by atoms with E-state index in [9.17, 15) is 9.59 Å². The van der Waals surface area contributed by atoms with E-state index in [4.69, 9.17) is 9.47 Å². The molecule has 26 heavy (non-hydrogen) atoms. The molecule has 132 valence electrons. The summed E-state index contributed by atoms with van der Waals surface area (Å²) >= 11 is 0. The molecule has 3 aromatic rings. The van der Waals surface area contributed by atoms with Crippen molar-refractivity contribution >= 4 is 22.5 Å². The molecule has 6 heteroatoms. The van der Waals surface area contributed by atoms with Crippen LogP contribution in [0.1, 0.15) is 17.5 Å². The van der Waals surface area contributed by atoms with Crippen LogP contribution >= 0.6 is 0 Å². The number of ether oxygens (including phenoxy) is 2. The Kier molecular flexibility index (Phi) is 4.08. The third-order valence-electron chi connectivity index (χ3n) is 4.35. The van der Waals surface area contributed by atoms with Crippen molar-refractivity contribution in [3.8, 4) is 11.5 Å². The van der Waals surface area contributed by atoms with Gasteiger partial charge in [-0.05, 0) is 49.1 Å². The number of benzene rings is 2. The smallest absolute Gasteiger partial charge is 0.251 e. The first-order chi connectivity index (χ1) is 12.6. The van der Waals surface area contributed by atoms with Crippen LogP contribution < -0.4 is 20.3 Å². The van der Waals surface area contributed by atoms with Crippen molar-refractivity contribution in [1.82, 2.24) is 4.98 Å². The Hall–Kier alpha value is -3.28. The molecule has 1 aliphatic rings. The summed E-state index contributed by atoms with van der Waals surface area (Å²) in [5.41, 5.74) is 3.01. The summed E-state index contributed by atoms with van der Waals surface area (Å²) in [5, 5.41) is 3.79. The second-order valence-corrected chi connectivity index (χ2v) is 6.33. The Balaban J connectivity index is 1.45. The Morgan fingerprint density at radius 2 is 1.96 bits per heavy atom. The van der Waals surface area contributed by atoms with E-state index in [1.165, 1.54) is 0 Å². The molecule has 4 rings (SSSR count). The van der Waals surface area contributed by atoms with Crippen molar-refractivity contribution in [2.75, 3.05) is 12.1 Å². The maximum absolute atomic E-state index is 12.2. The lowest BCUT2D eigenvalue weighted by Gasteiger charge is -2.07. The number of anilines is 1. The molecular weight excluding hydrogens is 332 g/mol. The molecule has 0 aliphatic carbocycles. The fraction of sp³-hybridized carbons (Fsp3) is 0.200. The summed E-state index contributed by atoms with van der Waals surface area (Å²) < 4.78 is 10.5. The number of hydrogen-bond donors (Lipinski definition) is 2. The Labute approximate surface area is 149 Å². The number of hydrogen-bond acceptors (Lipinski definition) is 4. The zero-order valence-corrected chi connectivity index (χ0v) is 14.3. The van der Waals surface area contributed by atoms with Crippen LogP contribution in [0.4, 0.5) is 5.69 Å². The topological polar surface area (TPSA) is 80.4 Å². The number of aromatic amines is 1. The fourth-order valence-corrected chi connectivity index (χ4v) is 3.00. The predicted octanol–water partition coefficient (Wildman–Crippen LogP) is 3.14. The van der Waals surface area contributed by atoms with Crippen molar-refractivity contribution in [3.63, 3.8) is 0 Å². The number of carbonyl (C=O) groups excluding carboxylic acids is 1. The molecule has 0 atom stereocenters. The molecule has 2 heterocycles. The first kappa shape index (κ1) is 16.2. The molecule has 0 saturated carbocycles. The molecule has 0 spiro atoms. The van der Waals surface area contributed by atoms with Crippen LogP contribution in [0.15, 0.2) is 47.3 Å². The van der Waals surface area contributed by atoms with Gasteiger partial charge in [0.15, 0.2) is 11.5 Å². The van der Waals surface area contributed by atoms with Crippen LogP contribution in [0.2, 0.25) is 0 Å². The maximum atomic E-state index is 12.2. The van der Waals surface area contributed by atoms with E-state index in [0.29, 0.717) is 29.2 Å². The third kappa shape index (κ3) is 3.26. The van der Waals surface area contributed by atoms with Crippen molar-refractivity contribution in [2.45, 2.75) is 19.8 Å². The quantitative estimate of drug-likeness (QED) is 0.757. The zero-order chi connectivity index (χ0) is 18.1. The van der Waals surface area contributed by atoms with Crippen LogP contribution in [-0.4, -0.2) is 17.7 Å². The van der Waals surface area contributed by atoms with Gasteiger partial charge in [-0.3, -0.25) is 9.59 Å². The summed E-state index contributed by atoms with van der Waals surface area (Å²) in [6.07, 6.45) is 0.588. The normalized spacial score (nSPS) is 12.3. The van der Waals surface area contributed by atoms with Gasteiger partial charge in [0.05, 0.1) is 0 Å². The van der Waals surface area contributed by atoms with Crippen LogP contribution in [-0.2, 0) is 11.2 Å². The van der Waals surface area contributed by atoms with Gasteiger partial charge in [-0.1, -0.05) is 11.6 Å². The molecule has 6 nitrogen and oxygen atoms in total. The average Bonchev–Trinajstić information content (AvgIpc) is 3.08. The summed E-state index contributed by atoms with van der Waals surface area (Å²) in [4.78, 5) is 27.3. The number of aromatic nitrogens is 1. The molecule has 2 N–H and O–H groups in total. The van der Waals surface area contributed by atoms with Gasteiger partial charge in [0, 0.05) is 29.3 Å². The van der Waals surface area contributed by atoms with Gasteiger partial charge in [-0.25, -0.2) is 0 Å². The van der Waals surface area contributed by atoms with Crippen molar-refractivity contribution in [3.05, 3.63) is 63.9 Å². The highest BCUT2D eigenvalue weighted by atomic mass is 16.7. The predicted molar refractivity (Wildman–Crippen MR) is 98.8 cm³/mol. The average molecular weight is 350 g/mol. The number of pyridine rings is 1. The van der Waals surface area contributed by atoms with Crippen molar-refractivity contribution in [1.29, 1.82) is 0 Å². The van der Waals surface area contributed by atoms with Gasteiger partial charge in [0.1, 0.15) is 0 Å². The number of fused-ring (bicyclic) bond motifs is 2. The van der Waals surface area contributed by atoms with Gasteiger partial charge in [0.2, 0.25) is 12.7 Å². The highest BCUT2D eigenvalue weighted by molar-refractivity contribution is 5.91. The van der Waals surface area contributed by atoms with Crippen LogP contribution in [0, 0.1) is 6.92 Å². The zero-order valence-electron chi connectivity index (χ0n) is 14.3. The summed E-state index contributed by atoms with van der Waals surface area (Å²) in [6.45, 7) is 2.19. The highest BCUT2D eigenvalue weighted by Crippen LogP contribution is 2.34. The molecule has 2 aromatic carbocycles. The molecule has 0 fully saturated rings. The lowest BCUT2D eigenvalue weighted by molar-refractivity contribution is -0.116. The van der Waals surface area contributed by atoms with Gasteiger partial charge < -0.3 is 19.8 Å². The summed E-state index contributed by atoms with van der Waals surface area (Å²) in [5.74, 6) is 1.12. The van der Waals surface area contributed by atoms with E-state index in [0.717, 1.165) is 16.5 Å².